The summed E-state index contributed by atoms with van der Waals surface area (Å²) in [5, 5.41) is 0.0413. The highest BCUT2D eigenvalue weighted by atomic mass is 35.5. The number of hydrogen-bond donors (Lipinski definition) is 0. The van der Waals surface area contributed by atoms with E-state index in [-0.39, 0.29) is 40.4 Å². The number of esters is 1. The van der Waals surface area contributed by atoms with Crippen LogP contribution in [0, 0.1) is 24.7 Å². The number of allylic oxidation sites excluding steroid dienone is 2. The second-order valence-corrected chi connectivity index (χ2v) is 14.4. The van der Waals surface area contributed by atoms with Crippen LogP contribution in [0.3, 0.4) is 0 Å². The molecule has 0 spiro atoms. The number of aryl methyl sites for hydroxylation is 1. The van der Waals surface area contributed by atoms with Crippen molar-refractivity contribution in [2.45, 2.75) is 27.4 Å². The minimum atomic E-state index is -2.04. The van der Waals surface area contributed by atoms with Gasteiger partial charge in [0, 0.05) is 18.0 Å². The van der Waals surface area contributed by atoms with Gasteiger partial charge >= 0.3 is 5.97 Å². The number of hydrogen-bond acceptors (Lipinski definition) is 6. The number of nitrogens with zero attached hydrogens (tertiary/aromatic N) is 2. The molecule has 2 aromatic carbocycles. The molecule has 2 bridgehead atoms. The van der Waals surface area contributed by atoms with Gasteiger partial charge in [-0.05, 0) is 48.9 Å². The summed E-state index contributed by atoms with van der Waals surface area (Å²) in [7, 11) is 1.47. The molecule has 5 atom stereocenters. The van der Waals surface area contributed by atoms with Crippen LogP contribution in [0.2, 0.25) is 5.02 Å². The topological polar surface area (TPSA) is 93.2 Å². The first-order valence-corrected chi connectivity index (χ1v) is 15.4. The van der Waals surface area contributed by atoms with Gasteiger partial charge in [0.05, 0.1) is 46.3 Å². The number of carbonyl (C=O) groups is 4. The second kappa shape index (κ2) is 10.3. The lowest BCUT2D eigenvalue weighted by molar-refractivity contribution is -0.139. The first kappa shape index (κ1) is 31.1. The number of anilines is 2. The molecule has 8 nitrogen and oxygen atoms in total. The molecule has 2 aromatic rings. The first-order valence-electron chi connectivity index (χ1n) is 12.8. The highest BCUT2D eigenvalue weighted by Gasteiger charge is 2.87. The molecule has 2 aliphatic carbocycles. The Morgan fingerprint density at radius 3 is 2.05 bits per heavy atom. The summed E-state index contributed by atoms with van der Waals surface area (Å²) >= 11 is 45.5. The lowest BCUT2D eigenvalue weighted by Crippen LogP contribution is -2.50. The van der Waals surface area contributed by atoms with E-state index in [1.807, 2.05) is 0 Å². The highest BCUT2D eigenvalue weighted by Crippen LogP contribution is 2.77. The Morgan fingerprint density at radius 2 is 1.49 bits per heavy atom. The number of halogens is 7. The normalized spacial score (nSPS) is 30.9. The second-order valence-electron chi connectivity index (χ2n) is 10.7. The molecule has 2 saturated heterocycles. The van der Waals surface area contributed by atoms with E-state index < -0.39 is 49.6 Å². The van der Waals surface area contributed by atoms with Crippen LogP contribution in [-0.2, 0) is 19.2 Å². The fourth-order valence-electron chi connectivity index (χ4n) is 6.35. The molecule has 2 aliphatic heterocycles. The molecular weight excluding hydrogens is 708 g/mol. The van der Waals surface area contributed by atoms with Crippen molar-refractivity contribution in [1.82, 2.24) is 0 Å². The van der Waals surface area contributed by atoms with E-state index >= 15 is 0 Å². The van der Waals surface area contributed by atoms with E-state index in [1.54, 1.807) is 25.1 Å². The third-order valence-corrected chi connectivity index (χ3v) is 12.9. The fourth-order valence-corrected chi connectivity index (χ4v) is 9.44. The Labute approximate surface area is 280 Å². The predicted molar refractivity (Wildman–Crippen MR) is 165 cm³/mol. The predicted octanol–water partition coefficient (Wildman–Crippen LogP) is 6.57. The van der Waals surface area contributed by atoms with Gasteiger partial charge in [-0.2, -0.15) is 0 Å². The van der Waals surface area contributed by atoms with E-state index in [1.165, 1.54) is 30.2 Å². The average Bonchev–Trinajstić information content (AvgIpc) is 3.54. The van der Waals surface area contributed by atoms with Crippen LogP contribution in [-0.4, -0.2) is 51.4 Å². The number of amides is 3. The number of imide groups is 1. The van der Waals surface area contributed by atoms with E-state index in [4.69, 9.17) is 90.7 Å². The molecule has 15 heteroatoms. The molecule has 4 aliphatic rings. The van der Waals surface area contributed by atoms with Crippen molar-refractivity contribution in [1.29, 1.82) is 0 Å². The summed E-state index contributed by atoms with van der Waals surface area (Å²) in [4.78, 5) is 51.7. The Balaban J connectivity index is 1.21. The van der Waals surface area contributed by atoms with Crippen LogP contribution in [0.25, 0.3) is 0 Å². The van der Waals surface area contributed by atoms with Crippen LogP contribution in [0.1, 0.15) is 12.0 Å². The first-order chi connectivity index (χ1) is 20.1. The Kier molecular flexibility index (Phi) is 7.45. The monoisotopic (exact) mass is 724 g/mol. The summed E-state index contributed by atoms with van der Waals surface area (Å²) in [6, 6.07) is 9.22. The minimum absolute atomic E-state index is 0.0626. The minimum Gasteiger partial charge on any atom is -0.495 e. The van der Waals surface area contributed by atoms with Crippen LogP contribution >= 0.6 is 81.2 Å². The van der Waals surface area contributed by atoms with Gasteiger partial charge in [-0.1, -0.05) is 58.0 Å². The van der Waals surface area contributed by atoms with E-state index in [0.29, 0.717) is 22.0 Å². The van der Waals surface area contributed by atoms with Crippen molar-refractivity contribution in [2.24, 2.45) is 17.8 Å². The van der Waals surface area contributed by atoms with Crippen molar-refractivity contribution in [3.8, 4) is 11.5 Å². The van der Waals surface area contributed by atoms with Gasteiger partial charge in [0.15, 0.2) is 4.33 Å². The SMILES string of the molecule is COc1ccc(Cl)cc1N1C[C@H](C(=O)Oc2ccc(N3C(=O)[C@H]4[C@H](C3=O)[C@@]3(Cl)C(Cl)=C(Cl)[C@@]4(Cl)C3(Cl)Cl)c(C)c2)CC1=O. The maximum atomic E-state index is 13.7. The van der Waals surface area contributed by atoms with Gasteiger partial charge in [-0.3, -0.25) is 19.2 Å². The summed E-state index contributed by atoms with van der Waals surface area (Å²) in [6.07, 6.45) is -0.0761. The van der Waals surface area contributed by atoms with Crippen molar-refractivity contribution in [2.75, 3.05) is 23.5 Å². The maximum absolute atomic E-state index is 13.7. The summed E-state index contributed by atoms with van der Waals surface area (Å²) in [5.41, 5.74) is 1.08. The van der Waals surface area contributed by atoms with Crippen molar-refractivity contribution in [3.05, 3.63) is 57.0 Å². The zero-order valence-corrected chi connectivity index (χ0v) is 27.4. The van der Waals surface area contributed by atoms with E-state index in [2.05, 4.69) is 0 Å². The molecule has 0 unspecified atom stereocenters. The van der Waals surface area contributed by atoms with Crippen molar-refractivity contribution in [3.63, 3.8) is 0 Å². The van der Waals surface area contributed by atoms with Gasteiger partial charge in [-0.25, -0.2) is 4.90 Å². The zero-order valence-electron chi connectivity index (χ0n) is 22.1. The summed E-state index contributed by atoms with van der Waals surface area (Å²) in [5.74, 6) is -5.06. The van der Waals surface area contributed by atoms with Gasteiger partial charge in [0.2, 0.25) is 17.7 Å². The van der Waals surface area contributed by atoms with E-state index in [0.717, 1.165) is 4.90 Å². The average molecular weight is 728 g/mol. The standard InChI is InChI=1S/C28H19Cl7N2O6/c1-11-7-14(43-25(41)12-8-18(38)36(10-12)16-9-13(29)3-6-17(16)42-2)4-5-15(11)37-23(39)19-20(24(37)40)27(33)22(31)21(30)26(19,32)28(27,34)35/h3-7,9,12,19-20H,8,10H2,1-2H3/t12-,19-,20-,26-,27-/m1/s1. The quantitative estimate of drug-likeness (QED) is 0.150. The van der Waals surface area contributed by atoms with E-state index in [9.17, 15) is 19.2 Å². The number of carbonyl (C=O) groups excluding carboxylic acids is 4. The van der Waals surface area contributed by atoms with Crippen LogP contribution in [0.5, 0.6) is 11.5 Å². The van der Waals surface area contributed by atoms with Crippen molar-refractivity contribution < 1.29 is 28.7 Å². The van der Waals surface area contributed by atoms with Gasteiger partial charge in [0.1, 0.15) is 21.2 Å². The molecular formula is C28H19Cl7N2O6. The lowest BCUT2D eigenvalue weighted by Gasteiger charge is -2.34. The fraction of sp³-hybridized carbons (Fsp3) is 0.357. The largest absolute Gasteiger partial charge is 0.495 e. The number of benzene rings is 2. The summed E-state index contributed by atoms with van der Waals surface area (Å²) in [6.45, 7) is 1.69. The Hall–Kier alpha value is -1.91. The maximum Gasteiger partial charge on any atom is 0.316 e. The lowest BCUT2D eigenvalue weighted by atomic mass is 9.84. The number of ether oxygens (including phenoxy) is 2. The molecule has 0 N–H and O–H groups in total. The molecule has 6 rings (SSSR count). The molecule has 226 valence electrons. The van der Waals surface area contributed by atoms with Gasteiger partial charge < -0.3 is 14.4 Å². The molecule has 2 heterocycles. The number of fused-ring (bicyclic) bond motifs is 5. The molecule has 43 heavy (non-hydrogen) atoms. The van der Waals surface area contributed by atoms with Gasteiger partial charge in [0.25, 0.3) is 0 Å². The molecule has 1 saturated carbocycles. The van der Waals surface area contributed by atoms with Crippen molar-refractivity contribution >= 4 is 116 Å². The molecule has 0 radical (unpaired) electrons. The molecule has 0 aromatic heterocycles. The number of alkyl halides is 4. The third kappa shape index (κ3) is 4.03. The molecule has 3 fully saturated rings. The Bertz CT molecular complexity index is 1630. The van der Waals surface area contributed by atoms with Crippen LogP contribution in [0.4, 0.5) is 11.4 Å². The summed E-state index contributed by atoms with van der Waals surface area (Å²) < 4.78 is 8.89. The van der Waals surface area contributed by atoms with Gasteiger partial charge in [-0.15, -0.1) is 23.2 Å². The Morgan fingerprint density at radius 1 is 0.884 bits per heavy atom. The highest BCUT2D eigenvalue weighted by molar-refractivity contribution is 6.67. The van der Waals surface area contributed by atoms with Crippen LogP contribution in [0.15, 0.2) is 46.5 Å². The zero-order chi connectivity index (χ0) is 31.4. The number of methoxy groups -OCH3 is 1. The molecule has 3 amide bonds. The third-order valence-electron chi connectivity index (χ3n) is 8.43. The van der Waals surface area contributed by atoms with Crippen LogP contribution < -0.4 is 19.3 Å². The number of rotatable bonds is 5. The smallest absolute Gasteiger partial charge is 0.316 e.